The van der Waals surface area contributed by atoms with Gasteiger partial charge in [-0.2, -0.15) is 4.31 Å². The number of hydrogen-bond donors (Lipinski definition) is 3. The molecule has 2 heterocycles. The maximum Gasteiger partial charge on any atom is 0.321 e. The van der Waals surface area contributed by atoms with Crippen LogP contribution in [0.2, 0.25) is 0 Å². The number of aliphatic hydroxyl groups is 1. The fourth-order valence-electron chi connectivity index (χ4n) is 6.81. The number of aliphatic hydroxyl groups excluding tert-OH is 1. The van der Waals surface area contributed by atoms with E-state index < -0.39 is 34.1 Å². The predicted octanol–water partition coefficient (Wildman–Crippen LogP) is 5.13. The SMILES string of the molecule is CC[C@H](C)[C@@H](C(=O)N[C@@H](Cc1ccccc1)[C@H](O)CN(CC(C)C)S(=O)(=O)c1ccc(/C=N/O)cc1)N1CCN(Cc2cccc3cccnc23)C1=O. The maximum absolute atomic E-state index is 14.4. The molecule has 3 amide bonds. The van der Waals surface area contributed by atoms with E-state index in [9.17, 15) is 23.1 Å². The summed E-state index contributed by atoms with van der Waals surface area (Å²) in [5, 5.41) is 27.8. The van der Waals surface area contributed by atoms with Crippen LogP contribution < -0.4 is 5.32 Å². The van der Waals surface area contributed by atoms with Crippen LogP contribution in [0.3, 0.4) is 0 Å². The molecule has 4 atom stereocenters. The molecule has 4 aromatic rings. The summed E-state index contributed by atoms with van der Waals surface area (Å²) < 4.78 is 29.1. The van der Waals surface area contributed by atoms with Crippen molar-refractivity contribution in [2.75, 3.05) is 26.2 Å². The number of nitrogens with one attached hydrogen (secondary N) is 1. The molecular weight excluding hydrogens is 693 g/mol. The van der Waals surface area contributed by atoms with Gasteiger partial charge in [-0.05, 0) is 53.1 Å². The molecule has 0 bridgehead atoms. The molecule has 1 aromatic heterocycles. The van der Waals surface area contributed by atoms with Gasteiger partial charge in [0.2, 0.25) is 15.9 Å². The van der Waals surface area contributed by atoms with Gasteiger partial charge in [0, 0.05) is 44.3 Å². The second kappa shape index (κ2) is 17.8. The van der Waals surface area contributed by atoms with Crippen molar-refractivity contribution < 1.29 is 28.3 Å². The molecule has 1 aliphatic heterocycles. The molecule has 282 valence electrons. The van der Waals surface area contributed by atoms with Gasteiger partial charge in [-0.25, -0.2) is 13.2 Å². The lowest BCUT2D eigenvalue weighted by atomic mass is 9.95. The van der Waals surface area contributed by atoms with Crippen molar-refractivity contribution >= 4 is 39.1 Å². The van der Waals surface area contributed by atoms with Crippen LogP contribution in [0.5, 0.6) is 0 Å². The Balaban J connectivity index is 1.39. The van der Waals surface area contributed by atoms with Crippen molar-refractivity contribution in [2.45, 2.75) is 70.2 Å². The number of rotatable bonds is 17. The number of carbonyl (C=O) groups is 2. The number of benzene rings is 3. The first kappa shape index (κ1) is 39.4. The second-order valence-electron chi connectivity index (χ2n) is 14.1. The zero-order valence-corrected chi connectivity index (χ0v) is 31.6. The Morgan fingerprint density at radius 3 is 2.38 bits per heavy atom. The third-order valence-corrected chi connectivity index (χ3v) is 11.6. The molecule has 1 saturated heterocycles. The number of oxime groups is 1. The Morgan fingerprint density at radius 1 is 0.981 bits per heavy atom. The van der Waals surface area contributed by atoms with Gasteiger partial charge in [0.05, 0.1) is 28.8 Å². The molecule has 5 rings (SSSR count). The molecule has 0 spiro atoms. The van der Waals surface area contributed by atoms with Crippen LogP contribution in [0, 0.1) is 11.8 Å². The average molecular weight is 743 g/mol. The Bertz CT molecular complexity index is 1970. The monoisotopic (exact) mass is 742 g/mol. The lowest BCUT2D eigenvalue weighted by molar-refractivity contribution is -0.128. The molecule has 1 aliphatic rings. The molecule has 0 unspecified atom stereocenters. The number of urea groups is 1. The Kier molecular flexibility index (Phi) is 13.2. The van der Waals surface area contributed by atoms with E-state index in [0.717, 1.165) is 22.0 Å². The van der Waals surface area contributed by atoms with Gasteiger partial charge in [0.25, 0.3) is 0 Å². The third kappa shape index (κ3) is 9.58. The normalized spacial score (nSPS) is 16.1. The van der Waals surface area contributed by atoms with E-state index in [4.69, 9.17) is 5.21 Å². The van der Waals surface area contributed by atoms with E-state index >= 15 is 0 Å². The highest BCUT2D eigenvalue weighted by Gasteiger charge is 2.41. The minimum absolute atomic E-state index is 0.0253. The number of carbonyl (C=O) groups excluding carboxylic acids is 2. The van der Waals surface area contributed by atoms with Gasteiger partial charge in [0.1, 0.15) is 6.04 Å². The first-order chi connectivity index (χ1) is 25.4. The van der Waals surface area contributed by atoms with Crippen LogP contribution in [0.15, 0.2) is 101 Å². The molecule has 53 heavy (non-hydrogen) atoms. The molecule has 0 aliphatic carbocycles. The summed E-state index contributed by atoms with van der Waals surface area (Å²) in [6.45, 7) is 8.69. The zero-order chi connectivity index (χ0) is 38.1. The van der Waals surface area contributed by atoms with E-state index in [-0.39, 0.29) is 42.3 Å². The number of para-hydroxylation sites is 1. The zero-order valence-electron chi connectivity index (χ0n) is 30.7. The van der Waals surface area contributed by atoms with E-state index in [1.54, 1.807) is 16.0 Å². The van der Waals surface area contributed by atoms with Gasteiger partial charge < -0.3 is 25.4 Å². The summed E-state index contributed by atoms with van der Waals surface area (Å²) in [5.74, 6) is -0.673. The molecule has 3 N–H and O–H groups in total. The lowest BCUT2D eigenvalue weighted by Crippen LogP contribution is -2.57. The highest BCUT2D eigenvalue weighted by atomic mass is 32.2. The highest BCUT2D eigenvalue weighted by Crippen LogP contribution is 2.26. The van der Waals surface area contributed by atoms with Crippen LogP contribution in [0.4, 0.5) is 4.79 Å². The van der Waals surface area contributed by atoms with Gasteiger partial charge >= 0.3 is 6.03 Å². The number of aromatic nitrogens is 1. The summed E-state index contributed by atoms with van der Waals surface area (Å²) in [4.78, 5) is 36.3. The van der Waals surface area contributed by atoms with E-state index in [0.29, 0.717) is 31.6 Å². The van der Waals surface area contributed by atoms with Crippen molar-refractivity contribution in [3.05, 3.63) is 108 Å². The molecule has 12 nitrogen and oxygen atoms in total. The standard InChI is InChI=1S/C40H50N6O6S/c1-5-29(4)38(46-22-21-44(40(46)49)26-33-14-9-13-32-15-10-20-41-37(32)33)39(48)43-35(23-30-11-7-6-8-12-30)36(47)27-45(25-28(2)3)53(51,52)34-18-16-31(17-19-34)24-42-50/h6-20,24,28-29,35-36,38,47,50H,5,21-23,25-27H2,1-4H3,(H,43,48)/b42-24+/t29-,35-,36+,38-/m0/s1. The molecule has 3 aromatic carbocycles. The van der Waals surface area contributed by atoms with Crippen molar-refractivity contribution in [2.24, 2.45) is 17.0 Å². The summed E-state index contributed by atoms with van der Waals surface area (Å²) in [7, 11) is -4.07. The van der Waals surface area contributed by atoms with Gasteiger partial charge in [-0.15, -0.1) is 0 Å². The van der Waals surface area contributed by atoms with Gasteiger partial charge in [-0.1, -0.05) is 106 Å². The van der Waals surface area contributed by atoms with Crippen LogP contribution in [-0.2, 0) is 27.8 Å². The molecule has 0 radical (unpaired) electrons. The van der Waals surface area contributed by atoms with E-state index in [1.165, 1.54) is 34.8 Å². The Labute approximate surface area is 312 Å². The molecule has 13 heteroatoms. The van der Waals surface area contributed by atoms with Crippen molar-refractivity contribution in [3.8, 4) is 0 Å². The smallest absolute Gasteiger partial charge is 0.321 e. The number of nitrogens with zero attached hydrogens (tertiary/aromatic N) is 5. The summed E-state index contributed by atoms with van der Waals surface area (Å²) >= 11 is 0. The van der Waals surface area contributed by atoms with Crippen LogP contribution in [-0.4, -0.2) is 100 Å². The first-order valence-electron chi connectivity index (χ1n) is 18.1. The topological polar surface area (TPSA) is 156 Å². The number of hydrogen-bond acceptors (Lipinski definition) is 8. The fraction of sp³-hybridized carbons (Fsp3) is 0.400. The fourth-order valence-corrected chi connectivity index (χ4v) is 8.43. The number of fused-ring (bicyclic) bond motifs is 1. The van der Waals surface area contributed by atoms with Crippen molar-refractivity contribution in [1.82, 2.24) is 24.4 Å². The molecular formula is C40H50N6O6S. The number of sulfonamides is 1. The lowest BCUT2D eigenvalue weighted by Gasteiger charge is -2.35. The largest absolute Gasteiger partial charge is 0.411 e. The second-order valence-corrected chi connectivity index (χ2v) is 16.1. The minimum Gasteiger partial charge on any atom is -0.411 e. The molecule has 0 saturated carbocycles. The maximum atomic E-state index is 14.4. The summed E-state index contributed by atoms with van der Waals surface area (Å²) in [5.41, 5.74) is 3.12. The van der Waals surface area contributed by atoms with Gasteiger partial charge in [-0.3, -0.25) is 9.78 Å². The third-order valence-electron chi connectivity index (χ3n) is 9.77. The Hall–Kier alpha value is -4.85. The minimum atomic E-state index is -4.07. The quantitative estimate of drug-likeness (QED) is 0.0770. The summed E-state index contributed by atoms with van der Waals surface area (Å²) in [6, 6.07) is 23.1. The van der Waals surface area contributed by atoms with E-state index in [2.05, 4.69) is 15.5 Å². The van der Waals surface area contributed by atoms with Crippen LogP contribution in [0.25, 0.3) is 10.9 Å². The first-order valence-corrected chi connectivity index (χ1v) is 19.5. The van der Waals surface area contributed by atoms with Crippen LogP contribution in [0.1, 0.15) is 50.8 Å². The van der Waals surface area contributed by atoms with Crippen molar-refractivity contribution in [1.29, 1.82) is 0 Å². The number of pyridine rings is 1. The van der Waals surface area contributed by atoms with Crippen molar-refractivity contribution in [3.63, 3.8) is 0 Å². The summed E-state index contributed by atoms with van der Waals surface area (Å²) in [6.07, 6.45) is 2.50. The molecule has 1 fully saturated rings. The predicted molar refractivity (Wildman–Crippen MR) is 205 cm³/mol. The van der Waals surface area contributed by atoms with Gasteiger partial charge in [0.15, 0.2) is 0 Å². The number of amides is 3. The highest BCUT2D eigenvalue weighted by molar-refractivity contribution is 7.89. The average Bonchev–Trinajstić information content (AvgIpc) is 3.50. The van der Waals surface area contributed by atoms with E-state index in [1.807, 2.05) is 88.4 Å². The van der Waals surface area contributed by atoms with Crippen LogP contribution >= 0.6 is 0 Å². The Morgan fingerprint density at radius 2 is 1.70 bits per heavy atom.